The highest BCUT2D eigenvalue weighted by molar-refractivity contribution is 6.09. The van der Waals surface area contributed by atoms with E-state index in [1.807, 2.05) is 86.3 Å². The summed E-state index contributed by atoms with van der Waals surface area (Å²) in [4.78, 5) is 28.7. The summed E-state index contributed by atoms with van der Waals surface area (Å²) in [5.41, 5.74) is 9.14. The van der Waals surface area contributed by atoms with Crippen molar-refractivity contribution >= 4 is 23.2 Å². The predicted molar refractivity (Wildman–Crippen MR) is 141 cm³/mol. The molecule has 174 valence electrons. The number of hydrogen-bond acceptors (Lipinski definition) is 2. The molecule has 0 unspecified atom stereocenters. The van der Waals surface area contributed by atoms with E-state index in [1.165, 1.54) is 5.56 Å². The number of carbonyl (C=O) groups is 2. The second-order valence-electron chi connectivity index (χ2n) is 9.22. The van der Waals surface area contributed by atoms with Crippen LogP contribution in [0.5, 0.6) is 0 Å². The number of anilines is 2. The lowest BCUT2D eigenvalue weighted by Crippen LogP contribution is -2.30. The first kappa shape index (κ1) is 22.6. The molecular weight excluding hydrogens is 432 g/mol. The van der Waals surface area contributed by atoms with Crippen LogP contribution in [0.15, 0.2) is 84.9 Å². The van der Waals surface area contributed by atoms with Crippen LogP contribution in [0.3, 0.4) is 0 Å². The third-order valence-electron chi connectivity index (χ3n) is 6.76. The summed E-state index contributed by atoms with van der Waals surface area (Å²) in [6.07, 6.45) is 0.804. The smallest absolute Gasteiger partial charge is 0.258 e. The Kier molecular flexibility index (Phi) is 5.96. The van der Waals surface area contributed by atoms with Crippen molar-refractivity contribution in [2.75, 3.05) is 10.2 Å². The van der Waals surface area contributed by atoms with Gasteiger partial charge >= 0.3 is 0 Å². The maximum atomic E-state index is 13.9. The summed E-state index contributed by atoms with van der Waals surface area (Å²) in [5, 5.41) is 3.06. The molecule has 0 fully saturated rings. The van der Waals surface area contributed by atoms with Gasteiger partial charge in [0, 0.05) is 22.5 Å². The third kappa shape index (κ3) is 4.35. The largest absolute Gasteiger partial charge is 0.321 e. The lowest BCUT2D eigenvalue weighted by molar-refractivity contribution is 0.0984. The fraction of sp³-hybridized carbons (Fsp3) is 0.161. The van der Waals surface area contributed by atoms with Crippen LogP contribution in [0.25, 0.3) is 0 Å². The van der Waals surface area contributed by atoms with Gasteiger partial charge in [-0.15, -0.1) is 0 Å². The Morgan fingerprint density at radius 3 is 2.03 bits per heavy atom. The number of fused-ring (bicyclic) bond motifs is 2. The van der Waals surface area contributed by atoms with Gasteiger partial charge in [0.25, 0.3) is 11.8 Å². The van der Waals surface area contributed by atoms with Crippen LogP contribution >= 0.6 is 0 Å². The number of aryl methyl sites for hydroxylation is 3. The quantitative estimate of drug-likeness (QED) is 0.374. The van der Waals surface area contributed by atoms with Crippen LogP contribution < -0.4 is 10.2 Å². The van der Waals surface area contributed by atoms with E-state index in [-0.39, 0.29) is 11.8 Å². The lowest BCUT2D eigenvalue weighted by atomic mass is 10.0. The summed E-state index contributed by atoms with van der Waals surface area (Å²) in [5.74, 6) is -0.191. The molecule has 4 aromatic rings. The van der Waals surface area contributed by atoms with E-state index < -0.39 is 0 Å². The summed E-state index contributed by atoms with van der Waals surface area (Å²) in [7, 11) is 0. The molecule has 0 aromatic heterocycles. The number of amides is 2. The Bertz CT molecular complexity index is 1430. The van der Waals surface area contributed by atoms with E-state index in [0.717, 1.165) is 45.6 Å². The molecule has 1 aliphatic rings. The average molecular weight is 461 g/mol. The maximum absolute atomic E-state index is 13.9. The van der Waals surface area contributed by atoms with Crippen LogP contribution in [0.4, 0.5) is 11.4 Å². The van der Waals surface area contributed by atoms with Crippen LogP contribution in [-0.2, 0) is 13.0 Å². The fourth-order valence-corrected chi connectivity index (χ4v) is 4.90. The Morgan fingerprint density at radius 1 is 0.714 bits per heavy atom. The SMILES string of the molecule is Cc1ccccc1C(=O)Nc1c(C)cc(C(=O)N2Cc3ccccc3Cc3ccccc32)cc1C. The molecule has 35 heavy (non-hydrogen) atoms. The minimum atomic E-state index is -0.147. The number of benzene rings is 4. The normalized spacial score (nSPS) is 12.4. The number of nitrogens with zero attached hydrogens (tertiary/aromatic N) is 1. The van der Waals surface area contributed by atoms with Crippen molar-refractivity contribution < 1.29 is 9.59 Å². The van der Waals surface area contributed by atoms with Gasteiger partial charge in [-0.05, 0) is 84.8 Å². The Balaban J connectivity index is 1.48. The molecule has 0 saturated heterocycles. The topological polar surface area (TPSA) is 49.4 Å². The van der Waals surface area contributed by atoms with Crippen molar-refractivity contribution in [2.45, 2.75) is 33.7 Å². The minimum Gasteiger partial charge on any atom is -0.321 e. The molecule has 0 saturated carbocycles. The Labute approximate surface area is 206 Å². The van der Waals surface area contributed by atoms with Gasteiger partial charge in [-0.25, -0.2) is 0 Å². The number of para-hydroxylation sites is 1. The molecule has 0 spiro atoms. The van der Waals surface area contributed by atoms with Gasteiger partial charge in [0.1, 0.15) is 0 Å². The van der Waals surface area contributed by atoms with Gasteiger partial charge in [0.05, 0.1) is 6.54 Å². The molecule has 1 aliphatic heterocycles. The molecule has 5 rings (SSSR count). The van der Waals surface area contributed by atoms with Gasteiger partial charge < -0.3 is 10.2 Å². The highest BCUT2D eigenvalue weighted by atomic mass is 16.2. The molecule has 0 atom stereocenters. The molecule has 2 amide bonds. The Hall–Kier alpha value is -4.18. The molecule has 4 heteroatoms. The van der Waals surface area contributed by atoms with Gasteiger partial charge in [-0.2, -0.15) is 0 Å². The Morgan fingerprint density at radius 2 is 1.31 bits per heavy atom. The zero-order valence-electron chi connectivity index (χ0n) is 20.3. The molecule has 0 radical (unpaired) electrons. The van der Waals surface area contributed by atoms with E-state index in [0.29, 0.717) is 17.7 Å². The van der Waals surface area contributed by atoms with Crippen molar-refractivity contribution in [3.05, 3.63) is 129 Å². The highest BCUT2D eigenvalue weighted by Gasteiger charge is 2.25. The molecule has 0 aliphatic carbocycles. The minimum absolute atomic E-state index is 0.0443. The summed E-state index contributed by atoms with van der Waals surface area (Å²) in [6.45, 7) is 6.31. The summed E-state index contributed by atoms with van der Waals surface area (Å²) in [6, 6.07) is 27.7. The van der Waals surface area contributed by atoms with E-state index >= 15 is 0 Å². The fourth-order valence-electron chi connectivity index (χ4n) is 4.90. The molecule has 1 heterocycles. The number of nitrogens with one attached hydrogen (secondary N) is 1. The first-order chi connectivity index (χ1) is 16.9. The van der Waals surface area contributed by atoms with Crippen LogP contribution in [0.2, 0.25) is 0 Å². The monoisotopic (exact) mass is 460 g/mol. The van der Waals surface area contributed by atoms with Gasteiger partial charge in [0.2, 0.25) is 0 Å². The molecule has 0 bridgehead atoms. The zero-order chi connectivity index (χ0) is 24.5. The second-order valence-corrected chi connectivity index (χ2v) is 9.22. The van der Waals surface area contributed by atoms with Crippen LogP contribution in [-0.4, -0.2) is 11.8 Å². The molecule has 4 aromatic carbocycles. The summed E-state index contributed by atoms with van der Waals surface area (Å²) < 4.78 is 0. The molecular formula is C31H28N2O2. The van der Waals surface area contributed by atoms with Crippen molar-refractivity contribution in [3.8, 4) is 0 Å². The first-order valence-electron chi connectivity index (χ1n) is 11.9. The summed E-state index contributed by atoms with van der Waals surface area (Å²) >= 11 is 0. The van der Waals surface area contributed by atoms with Gasteiger partial charge in [-0.1, -0.05) is 60.7 Å². The first-order valence-corrected chi connectivity index (χ1v) is 11.9. The second kappa shape index (κ2) is 9.22. The standard InChI is InChI=1S/C31H28N2O2/c1-20-10-4-8-14-27(20)30(34)32-29-21(2)16-26(17-22(29)3)31(35)33-19-25-13-6-5-11-23(25)18-24-12-7-9-15-28(24)33/h4-17H,18-19H2,1-3H3,(H,32,34). The van der Waals surface area contributed by atoms with Crippen molar-refractivity contribution in [2.24, 2.45) is 0 Å². The number of carbonyl (C=O) groups excluding carboxylic acids is 2. The average Bonchev–Trinajstić information content (AvgIpc) is 3.02. The van der Waals surface area contributed by atoms with Crippen LogP contribution in [0, 0.1) is 20.8 Å². The highest BCUT2D eigenvalue weighted by Crippen LogP contribution is 2.32. The van der Waals surface area contributed by atoms with Gasteiger partial charge in [0.15, 0.2) is 0 Å². The van der Waals surface area contributed by atoms with E-state index in [2.05, 4.69) is 29.6 Å². The predicted octanol–water partition coefficient (Wildman–Crippen LogP) is 6.62. The van der Waals surface area contributed by atoms with E-state index in [4.69, 9.17) is 0 Å². The molecule has 1 N–H and O–H groups in total. The van der Waals surface area contributed by atoms with Crippen molar-refractivity contribution in [3.63, 3.8) is 0 Å². The lowest BCUT2D eigenvalue weighted by Gasteiger charge is -2.24. The maximum Gasteiger partial charge on any atom is 0.258 e. The third-order valence-corrected chi connectivity index (χ3v) is 6.76. The van der Waals surface area contributed by atoms with Crippen molar-refractivity contribution in [1.82, 2.24) is 0 Å². The number of hydrogen-bond donors (Lipinski definition) is 1. The zero-order valence-corrected chi connectivity index (χ0v) is 20.3. The molecule has 4 nitrogen and oxygen atoms in total. The van der Waals surface area contributed by atoms with Crippen LogP contribution in [0.1, 0.15) is 54.1 Å². The van der Waals surface area contributed by atoms with Crippen molar-refractivity contribution in [1.29, 1.82) is 0 Å². The van der Waals surface area contributed by atoms with E-state index in [1.54, 1.807) is 0 Å². The van der Waals surface area contributed by atoms with Gasteiger partial charge in [-0.3, -0.25) is 9.59 Å². The number of rotatable bonds is 3. The van der Waals surface area contributed by atoms with E-state index in [9.17, 15) is 9.59 Å².